The highest BCUT2D eigenvalue weighted by molar-refractivity contribution is 7.89. The fourth-order valence-corrected chi connectivity index (χ4v) is 4.72. The van der Waals surface area contributed by atoms with Gasteiger partial charge in [-0.3, -0.25) is 4.79 Å². The molecule has 2 rings (SSSR count). The Morgan fingerprint density at radius 1 is 1.35 bits per heavy atom. The molecule has 0 radical (unpaired) electrons. The van der Waals surface area contributed by atoms with Crippen molar-refractivity contribution < 1.29 is 22.7 Å². The van der Waals surface area contributed by atoms with E-state index < -0.39 is 27.9 Å². The molecule has 1 fully saturated rings. The SMILES string of the molecule is COC(=O)c1ccc(Cl)c(S(=O)(=O)N2CCCCC2C(N)=O)c1. The van der Waals surface area contributed by atoms with Gasteiger partial charge in [-0.2, -0.15) is 4.31 Å². The number of benzene rings is 1. The third-order valence-corrected chi connectivity index (χ3v) is 6.11. The average molecular weight is 361 g/mol. The average Bonchev–Trinajstić information content (AvgIpc) is 2.54. The molecule has 0 bridgehead atoms. The van der Waals surface area contributed by atoms with Crippen LogP contribution in [0.15, 0.2) is 23.1 Å². The third-order valence-electron chi connectivity index (χ3n) is 3.72. The van der Waals surface area contributed by atoms with Crippen LogP contribution < -0.4 is 5.73 Å². The summed E-state index contributed by atoms with van der Waals surface area (Å²) in [4.78, 5) is 22.9. The van der Waals surface area contributed by atoms with Crippen molar-refractivity contribution in [1.82, 2.24) is 4.31 Å². The molecule has 2 N–H and O–H groups in total. The molecule has 0 aliphatic carbocycles. The summed E-state index contributed by atoms with van der Waals surface area (Å²) in [5.74, 6) is -1.38. The Morgan fingerprint density at radius 3 is 2.65 bits per heavy atom. The van der Waals surface area contributed by atoms with Gasteiger partial charge < -0.3 is 10.5 Å². The number of amides is 1. The summed E-state index contributed by atoms with van der Waals surface area (Å²) in [7, 11) is -2.87. The minimum atomic E-state index is -4.06. The van der Waals surface area contributed by atoms with E-state index in [1.165, 1.54) is 19.2 Å². The van der Waals surface area contributed by atoms with Gasteiger partial charge in [0.1, 0.15) is 10.9 Å². The Balaban J connectivity index is 2.50. The Morgan fingerprint density at radius 2 is 2.04 bits per heavy atom. The number of ether oxygens (including phenoxy) is 1. The van der Waals surface area contributed by atoms with Gasteiger partial charge in [0.25, 0.3) is 0 Å². The first-order valence-electron chi connectivity index (χ1n) is 6.98. The summed E-state index contributed by atoms with van der Waals surface area (Å²) in [5.41, 5.74) is 5.38. The molecule has 1 amide bonds. The van der Waals surface area contributed by atoms with Crippen LogP contribution in [0.5, 0.6) is 0 Å². The van der Waals surface area contributed by atoms with Gasteiger partial charge in [0, 0.05) is 6.54 Å². The van der Waals surface area contributed by atoms with Gasteiger partial charge in [-0.15, -0.1) is 0 Å². The van der Waals surface area contributed by atoms with Gasteiger partial charge in [0.05, 0.1) is 17.7 Å². The first-order valence-corrected chi connectivity index (χ1v) is 8.80. The van der Waals surface area contributed by atoms with Crippen molar-refractivity contribution in [3.05, 3.63) is 28.8 Å². The highest BCUT2D eigenvalue weighted by Crippen LogP contribution is 2.30. The molecule has 1 aliphatic heterocycles. The summed E-state index contributed by atoms with van der Waals surface area (Å²) in [6, 6.07) is 2.92. The lowest BCUT2D eigenvalue weighted by atomic mass is 10.0. The van der Waals surface area contributed by atoms with Crippen molar-refractivity contribution >= 4 is 33.5 Å². The number of methoxy groups -OCH3 is 1. The van der Waals surface area contributed by atoms with Gasteiger partial charge in [0.15, 0.2) is 0 Å². The third kappa shape index (κ3) is 3.49. The van der Waals surface area contributed by atoms with E-state index in [0.29, 0.717) is 12.8 Å². The van der Waals surface area contributed by atoms with Gasteiger partial charge in [-0.05, 0) is 31.0 Å². The summed E-state index contributed by atoms with van der Waals surface area (Å²) in [6.07, 6.45) is 1.70. The van der Waals surface area contributed by atoms with E-state index in [4.69, 9.17) is 17.3 Å². The van der Waals surface area contributed by atoms with Crippen LogP contribution in [0.3, 0.4) is 0 Å². The zero-order chi connectivity index (χ0) is 17.2. The number of halogens is 1. The Bertz CT molecular complexity index is 735. The maximum absolute atomic E-state index is 12.9. The minimum Gasteiger partial charge on any atom is -0.465 e. The van der Waals surface area contributed by atoms with Crippen molar-refractivity contribution in [2.75, 3.05) is 13.7 Å². The van der Waals surface area contributed by atoms with E-state index >= 15 is 0 Å². The number of piperidine rings is 1. The monoisotopic (exact) mass is 360 g/mol. The highest BCUT2D eigenvalue weighted by atomic mass is 35.5. The van der Waals surface area contributed by atoms with E-state index in [0.717, 1.165) is 16.8 Å². The molecule has 126 valence electrons. The Labute approximate surface area is 139 Å². The lowest BCUT2D eigenvalue weighted by Crippen LogP contribution is -2.50. The van der Waals surface area contributed by atoms with Crippen LogP contribution >= 0.6 is 11.6 Å². The molecule has 1 heterocycles. The molecular weight excluding hydrogens is 344 g/mol. The van der Waals surface area contributed by atoms with E-state index in [1.54, 1.807) is 0 Å². The van der Waals surface area contributed by atoms with Crippen LogP contribution in [0.4, 0.5) is 0 Å². The lowest BCUT2D eigenvalue weighted by Gasteiger charge is -2.32. The molecule has 7 nitrogen and oxygen atoms in total. The van der Waals surface area contributed by atoms with Crippen molar-refractivity contribution in [3.63, 3.8) is 0 Å². The van der Waals surface area contributed by atoms with E-state index in [9.17, 15) is 18.0 Å². The van der Waals surface area contributed by atoms with E-state index in [1.807, 2.05) is 0 Å². The normalized spacial score (nSPS) is 19.3. The summed E-state index contributed by atoms with van der Waals surface area (Å²) >= 11 is 6.00. The second-order valence-corrected chi connectivity index (χ2v) is 7.43. The number of nitrogens with two attached hydrogens (primary N) is 1. The van der Waals surface area contributed by atoms with Crippen LogP contribution in [0.25, 0.3) is 0 Å². The number of carbonyl (C=O) groups is 2. The first-order chi connectivity index (χ1) is 10.8. The standard InChI is InChI=1S/C14H17ClN2O5S/c1-22-14(19)9-5-6-10(15)12(8-9)23(20,21)17-7-3-2-4-11(17)13(16)18/h5-6,8,11H,2-4,7H2,1H3,(H2,16,18). The van der Waals surface area contributed by atoms with Crippen LogP contribution in [0.2, 0.25) is 5.02 Å². The summed E-state index contributed by atoms with van der Waals surface area (Å²) in [6.45, 7) is 0.175. The fraction of sp³-hybridized carbons (Fsp3) is 0.429. The number of esters is 1. The van der Waals surface area contributed by atoms with Crippen LogP contribution in [0.1, 0.15) is 29.6 Å². The molecule has 0 aromatic heterocycles. The van der Waals surface area contributed by atoms with Gasteiger partial charge >= 0.3 is 5.97 Å². The minimum absolute atomic E-state index is 0.0357. The molecule has 23 heavy (non-hydrogen) atoms. The molecule has 1 aromatic carbocycles. The van der Waals surface area contributed by atoms with E-state index in [2.05, 4.69) is 4.74 Å². The van der Waals surface area contributed by atoms with Crippen molar-refractivity contribution in [3.8, 4) is 0 Å². The molecule has 1 unspecified atom stereocenters. The van der Waals surface area contributed by atoms with Gasteiger partial charge in [-0.25, -0.2) is 13.2 Å². The lowest BCUT2D eigenvalue weighted by molar-refractivity contribution is -0.122. The molecule has 0 spiro atoms. The highest BCUT2D eigenvalue weighted by Gasteiger charge is 2.37. The molecule has 1 aliphatic rings. The topological polar surface area (TPSA) is 107 Å². The first kappa shape index (κ1) is 17.7. The number of hydrogen-bond donors (Lipinski definition) is 1. The van der Waals surface area contributed by atoms with Crippen LogP contribution in [0, 0.1) is 0 Å². The Kier molecular flexibility index (Phi) is 5.28. The maximum Gasteiger partial charge on any atom is 0.337 e. The molecule has 1 aromatic rings. The molecule has 1 atom stereocenters. The van der Waals surface area contributed by atoms with Gasteiger partial charge in [-0.1, -0.05) is 18.0 Å². The molecule has 1 saturated heterocycles. The predicted molar refractivity (Wildman–Crippen MR) is 83.5 cm³/mol. The van der Waals surface area contributed by atoms with E-state index in [-0.39, 0.29) is 22.0 Å². The number of nitrogens with zero attached hydrogens (tertiary/aromatic N) is 1. The Hall–Kier alpha value is -1.64. The molecular formula is C14H17ClN2O5S. The second-order valence-electron chi connectivity index (χ2n) is 5.17. The van der Waals surface area contributed by atoms with Crippen molar-refractivity contribution in [2.45, 2.75) is 30.2 Å². The predicted octanol–water partition coefficient (Wildman–Crippen LogP) is 1.16. The number of primary amides is 1. The summed E-state index contributed by atoms with van der Waals surface area (Å²) in [5, 5.41) is -0.0357. The van der Waals surface area contributed by atoms with Crippen LogP contribution in [-0.2, 0) is 19.6 Å². The van der Waals surface area contributed by atoms with Gasteiger partial charge in [0.2, 0.25) is 15.9 Å². The van der Waals surface area contributed by atoms with Crippen molar-refractivity contribution in [1.29, 1.82) is 0 Å². The number of hydrogen-bond acceptors (Lipinski definition) is 5. The number of rotatable bonds is 4. The maximum atomic E-state index is 12.9. The fourth-order valence-electron chi connectivity index (χ4n) is 2.55. The zero-order valence-electron chi connectivity index (χ0n) is 12.5. The number of carbonyl (C=O) groups excluding carboxylic acids is 2. The number of sulfonamides is 1. The largest absolute Gasteiger partial charge is 0.465 e. The second kappa shape index (κ2) is 6.86. The smallest absolute Gasteiger partial charge is 0.337 e. The zero-order valence-corrected chi connectivity index (χ0v) is 14.1. The summed E-state index contributed by atoms with van der Waals surface area (Å²) < 4.78 is 31.4. The molecule has 0 saturated carbocycles. The van der Waals surface area contributed by atoms with Crippen LogP contribution in [-0.4, -0.2) is 44.3 Å². The quantitative estimate of drug-likeness (QED) is 0.810. The molecule has 9 heteroatoms. The van der Waals surface area contributed by atoms with Crippen molar-refractivity contribution in [2.24, 2.45) is 5.73 Å².